The maximum Gasteiger partial charge on any atom is 0.317 e. The van der Waals surface area contributed by atoms with E-state index in [4.69, 9.17) is 0 Å². The Morgan fingerprint density at radius 3 is 2.86 bits per heavy atom. The van der Waals surface area contributed by atoms with Crippen LogP contribution in [0.25, 0.3) is 0 Å². The van der Waals surface area contributed by atoms with Crippen LogP contribution in [0.3, 0.4) is 0 Å². The summed E-state index contributed by atoms with van der Waals surface area (Å²) in [7, 11) is 0. The van der Waals surface area contributed by atoms with Crippen molar-refractivity contribution in [1.29, 1.82) is 0 Å². The number of rotatable bonds is 4. The molecule has 22 heavy (non-hydrogen) atoms. The van der Waals surface area contributed by atoms with Gasteiger partial charge >= 0.3 is 6.03 Å². The van der Waals surface area contributed by atoms with E-state index in [-0.39, 0.29) is 6.03 Å². The molecule has 2 saturated heterocycles. The first-order chi connectivity index (χ1) is 10.7. The number of carbonyl (C=O) groups excluding carboxylic acids is 1. The number of amides is 2. The zero-order chi connectivity index (χ0) is 15.5. The Hall–Kier alpha value is -0.770. The van der Waals surface area contributed by atoms with E-state index in [1.54, 1.807) is 0 Å². The fourth-order valence-electron chi connectivity index (χ4n) is 4.75. The second-order valence-corrected chi connectivity index (χ2v) is 7.68. The van der Waals surface area contributed by atoms with Crippen molar-refractivity contribution in [2.75, 3.05) is 19.6 Å². The maximum absolute atomic E-state index is 12.8. The minimum absolute atomic E-state index is 0.201. The second kappa shape index (κ2) is 7.20. The molecule has 0 spiro atoms. The molecule has 0 radical (unpaired) electrons. The molecule has 0 aromatic carbocycles. The van der Waals surface area contributed by atoms with Gasteiger partial charge in [0.1, 0.15) is 0 Å². The van der Waals surface area contributed by atoms with Gasteiger partial charge in [0, 0.05) is 31.2 Å². The average molecular weight is 307 g/mol. The summed E-state index contributed by atoms with van der Waals surface area (Å²) in [6.07, 6.45) is 10.2. The molecule has 3 aliphatic rings. The van der Waals surface area contributed by atoms with Crippen LogP contribution in [-0.2, 0) is 0 Å². The van der Waals surface area contributed by atoms with Crippen molar-refractivity contribution >= 4 is 6.03 Å². The maximum atomic E-state index is 12.8. The van der Waals surface area contributed by atoms with E-state index < -0.39 is 0 Å². The molecular formula is C18H33N3O. The van der Waals surface area contributed by atoms with Gasteiger partial charge in [-0.25, -0.2) is 4.79 Å². The number of fused-ring (bicyclic) bond motifs is 1. The largest absolute Gasteiger partial charge is 0.335 e. The Labute approximate surface area is 135 Å². The van der Waals surface area contributed by atoms with Gasteiger partial charge < -0.3 is 10.2 Å². The highest BCUT2D eigenvalue weighted by Crippen LogP contribution is 2.30. The second-order valence-electron chi connectivity index (χ2n) is 7.68. The summed E-state index contributed by atoms with van der Waals surface area (Å²) in [5.41, 5.74) is 0. The van der Waals surface area contributed by atoms with Crippen LogP contribution in [0.15, 0.2) is 0 Å². The van der Waals surface area contributed by atoms with Gasteiger partial charge in [-0.2, -0.15) is 0 Å². The first-order valence-electron chi connectivity index (χ1n) is 9.50. The van der Waals surface area contributed by atoms with E-state index in [2.05, 4.69) is 29.0 Å². The molecule has 3 fully saturated rings. The summed E-state index contributed by atoms with van der Waals surface area (Å²) in [6.45, 7) is 7.68. The zero-order valence-electron chi connectivity index (χ0n) is 14.4. The smallest absolute Gasteiger partial charge is 0.317 e. The van der Waals surface area contributed by atoms with E-state index in [0.717, 1.165) is 13.1 Å². The van der Waals surface area contributed by atoms with Crippen LogP contribution in [0.2, 0.25) is 0 Å². The predicted octanol–water partition coefficient (Wildman–Crippen LogP) is 3.22. The number of carbonyl (C=O) groups is 1. The SMILES string of the molecule is CCCC[C@@H]1CCC[C@@H]1NC(=O)N1C[C@H]2CCCN2C[C@H]1C. The zero-order valence-corrected chi connectivity index (χ0v) is 14.4. The van der Waals surface area contributed by atoms with Gasteiger partial charge in [-0.15, -0.1) is 0 Å². The first kappa shape index (κ1) is 16.1. The van der Waals surface area contributed by atoms with Crippen LogP contribution < -0.4 is 5.32 Å². The van der Waals surface area contributed by atoms with E-state index >= 15 is 0 Å². The lowest BCUT2D eigenvalue weighted by Gasteiger charge is -2.42. The monoisotopic (exact) mass is 307 g/mol. The Balaban J connectivity index is 1.54. The lowest BCUT2D eigenvalue weighted by Crippen LogP contribution is -2.60. The van der Waals surface area contributed by atoms with Crippen LogP contribution in [0.4, 0.5) is 4.79 Å². The fourth-order valence-corrected chi connectivity index (χ4v) is 4.75. The number of urea groups is 1. The van der Waals surface area contributed by atoms with Crippen molar-refractivity contribution < 1.29 is 4.79 Å². The van der Waals surface area contributed by atoms with E-state index in [9.17, 15) is 4.79 Å². The van der Waals surface area contributed by atoms with Crippen LogP contribution >= 0.6 is 0 Å². The highest BCUT2D eigenvalue weighted by molar-refractivity contribution is 5.75. The van der Waals surface area contributed by atoms with Gasteiger partial charge in [0.15, 0.2) is 0 Å². The molecule has 0 aromatic heterocycles. The molecule has 4 nitrogen and oxygen atoms in total. The van der Waals surface area contributed by atoms with Crippen molar-refractivity contribution in [1.82, 2.24) is 15.1 Å². The molecule has 0 bridgehead atoms. The van der Waals surface area contributed by atoms with Crippen LogP contribution in [0, 0.1) is 5.92 Å². The summed E-state index contributed by atoms with van der Waals surface area (Å²) in [5, 5.41) is 3.39. The Bertz CT molecular complexity index is 387. The molecular weight excluding hydrogens is 274 g/mol. The minimum atomic E-state index is 0.201. The van der Waals surface area contributed by atoms with Gasteiger partial charge in [0.05, 0.1) is 0 Å². The van der Waals surface area contributed by atoms with Crippen molar-refractivity contribution in [2.24, 2.45) is 5.92 Å². The molecule has 2 amide bonds. The van der Waals surface area contributed by atoms with Crippen LogP contribution in [0.5, 0.6) is 0 Å². The molecule has 2 heterocycles. The minimum Gasteiger partial charge on any atom is -0.335 e. The van der Waals surface area contributed by atoms with E-state index in [1.807, 2.05) is 0 Å². The molecule has 1 N–H and O–H groups in total. The Morgan fingerprint density at radius 1 is 1.18 bits per heavy atom. The molecule has 1 saturated carbocycles. The number of hydrogen-bond acceptors (Lipinski definition) is 2. The standard InChI is InChI=1S/C18H33N3O/c1-3-4-7-15-8-5-10-17(15)19-18(22)21-13-16-9-6-11-20(16)12-14(21)2/h14-17H,3-13H2,1-2H3,(H,19,22)/t14-,15-,16-,17+/m1/s1. The number of piperazine rings is 1. The topological polar surface area (TPSA) is 35.6 Å². The molecule has 2 aliphatic heterocycles. The van der Waals surface area contributed by atoms with Crippen molar-refractivity contribution in [3.63, 3.8) is 0 Å². The van der Waals surface area contributed by atoms with Gasteiger partial charge in [0.25, 0.3) is 0 Å². The lowest BCUT2D eigenvalue weighted by atomic mass is 9.97. The van der Waals surface area contributed by atoms with Gasteiger partial charge in [-0.3, -0.25) is 4.90 Å². The lowest BCUT2D eigenvalue weighted by molar-refractivity contribution is 0.0782. The third-order valence-corrected chi connectivity index (χ3v) is 6.09. The number of nitrogens with one attached hydrogen (secondary N) is 1. The summed E-state index contributed by atoms with van der Waals surface area (Å²) in [4.78, 5) is 17.5. The Kier molecular flexibility index (Phi) is 5.27. The van der Waals surface area contributed by atoms with Crippen LogP contribution in [0.1, 0.15) is 65.2 Å². The highest BCUT2D eigenvalue weighted by atomic mass is 16.2. The van der Waals surface area contributed by atoms with E-state index in [0.29, 0.717) is 24.0 Å². The average Bonchev–Trinajstić information content (AvgIpc) is 3.12. The fraction of sp³-hybridized carbons (Fsp3) is 0.944. The normalized spacial score (nSPS) is 35.6. The van der Waals surface area contributed by atoms with Crippen molar-refractivity contribution in [3.05, 3.63) is 0 Å². The molecule has 3 rings (SSSR count). The molecule has 0 unspecified atom stereocenters. The van der Waals surface area contributed by atoms with Gasteiger partial charge in [-0.1, -0.05) is 26.2 Å². The number of unbranched alkanes of at least 4 members (excludes halogenated alkanes) is 1. The molecule has 1 aliphatic carbocycles. The Morgan fingerprint density at radius 2 is 2.05 bits per heavy atom. The third-order valence-electron chi connectivity index (χ3n) is 6.09. The number of hydrogen-bond donors (Lipinski definition) is 1. The quantitative estimate of drug-likeness (QED) is 0.865. The van der Waals surface area contributed by atoms with E-state index in [1.165, 1.54) is 57.9 Å². The molecule has 0 aromatic rings. The summed E-state index contributed by atoms with van der Waals surface area (Å²) in [5.74, 6) is 0.715. The van der Waals surface area contributed by atoms with Crippen molar-refractivity contribution in [2.45, 2.75) is 83.3 Å². The van der Waals surface area contributed by atoms with Crippen LogP contribution in [-0.4, -0.2) is 53.6 Å². The first-order valence-corrected chi connectivity index (χ1v) is 9.50. The highest BCUT2D eigenvalue weighted by Gasteiger charge is 2.37. The predicted molar refractivity (Wildman–Crippen MR) is 89.9 cm³/mol. The summed E-state index contributed by atoms with van der Waals surface area (Å²) < 4.78 is 0. The van der Waals surface area contributed by atoms with Gasteiger partial charge in [0.2, 0.25) is 0 Å². The summed E-state index contributed by atoms with van der Waals surface area (Å²) >= 11 is 0. The van der Waals surface area contributed by atoms with Crippen molar-refractivity contribution in [3.8, 4) is 0 Å². The molecule has 4 atom stereocenters. The third kappa shape index (κ3) is 3.42. The molecule has 126 valence electrons. The number of nitrogens with zero attached hydrogens (tertiary/aromatic N) is 2. The van der Waals surface area contributed by atoms with Gasteiger partial charge in [-0.05, 0) is 51.5 Å². The molecule has 4 heteroatoms. The summed E-state index contributed by atoms with van der Waals surface area (Å²) in [6, 6.07) is 1.59.